The molecule has 2 aromatic heterocycles. The molecule has 0 atom stereocenters. The number of nitrogens with one attached hydrogen (secondary N) is 2. The van der Waals surface area contributed by atoms with E-state index in [4.69, 9.17) is 0 Å². The lowest BCUT2D eigenvalue weighted by Gasteiger charge is -2.11. The molecule has 2 heterocycles. The maximum Gasteiger partial charge on any atom is 0.252 e. The lowest BCUT2D eigenvalue weighted by Crippen LogP contribution is -2.15. The summed E-state index contributed by atoms with van der Waals surface area (Å²) in [5.74, 6) is 0.578. The van der Waals surface area contributed by atoms with Crippen LogP contribution in [-0.4, -0.2) is 32.0 Å². The zero-order valence-corrected chi connectivity index (χ0v) is 15.4. The van der Waals surface area contributed by atoms with E-state index in [0.717, 1.165) is 41.3 Å². The van der Waals surface area contributed by atoms with Gasteiger partial charge in [-0.1, -0.05) is 19.1 Å². The van der Waals surface area contributed by atoms with Crippen molar-refractivity contribution in [3.05, 3.63) is 53.1 Å². The SMILES string of the molecule is CCNCc1cccc(NC(=O)CCc2c(C)nc3ncnn3c2C)c1. The number of aromatic nitrogens is 4. The van der Waals surface area contributed by atoms with E-state index in [1.54, 1.807) is 4.52 Å². The molecule has 3 aromatic rings. The molecular weight excluding hydrogens is 328 g/mol. The average Bonchev–Trinajstić information content (AvgIpc) is 3.08. The Hall–Kier alpha value is -2.80. The van der Waals surface area contributed by atoms with Gasteiger partial charge < -0.3 is 10.6 Å². The van der Waals surface area contributed by atoms with Gasteiger partial charge in [0.05, 0.1) is 0 Å². The van der Waals surface area contributed by atoms with Crippen LogP contribution in [0.1, 0.15) is 35.9 Å². The van der Waals surface area contributed by atoms with Gasteiger partial charge in [0.15, 0.2) is 0 Å². The molecule has 1 amide bonds. The van der Waals surface area contributed by atoms with Crippen molar-refractivity contribution in [2.24, 2.45) is 0 Å². The largest absolute Gasteiger partial charge is 0.326 e. The van der Waals surface area contributed by atoms with E-state index in [-0.39, 0.29) is 5.91 Å². The lowest BCUT2D eigenvalue weighted by molar-refractivity contribution is -0.116. The summed E-state index contributed by atoms with van der Waals surface area (Å²) in [6, 6.07) is 7.91. The van der Waals surface area contributed by atoms with Crippen molar-refractivity contribution >= 4 is 17.4 Å². The van der Waals surface area contributed by atoms with Gasteiger partial charge in [0.1, 0.15) is 6.33 Å². The zero-order valence-electron chi connectivity index (χ0n) is 15.4. The molecule has 0 bridgehead atoms. The average molecular weight is 352 g/mol. The Morgan fingerprint density at radius 3 is 2.92 bits per heavy atom. The first kappa shape index (κ1) is 18.0. The van der Waals surface area contributed by atoms with Crippen LogP contribution >= 0.6 is 0 Å². The standard InChI is InChI=1S/C19H24N6O/c1-4-20-11-15-6-5-7-16(10-15)24-18(26)9-8-17-13(2)23-19-21-12-22-25(19)14(17)3/h5-7,10,12,20H,4,8-9,11H2,1-3H3,(H,24,26). The number of aryl methyl sites for hydroxylation is 2. The van der Waals surface area contributed by atoms with Gasteiger partial charge in [-0.3, -0.25) is 4.79 Å². The molecule has 0 aliphatic rings. The third-order valence-electron chi connectivity index (χ3n) is 4.38. The summed E-state index contributed by atoms with van der Waals surface area (Å²) in [6.07, 6.45) is 2.50. The Balaban J connectivity index is 1.64. The van der Waals surface area contributed by atoms with Crippen LogP contribution in [0.2, 0.25) is 0 Å². The third-order valence-corrected chi connectivity index (χ3v) is 4.38. The van der Waals surface area contributed by atoms with Crippen molar-refractivity contribution in [2.75, 3.05) is 11.9 Å². The minimum Gasteiger partial charge on any atom is -0.326 e. The number of rotatable bonds is 7. The number of amides is 1. The molecule has 3 rings (SSSR count). The zero-order chi connectivity index (χ0) is 18.5. The Morgan fingerprint density at radius 1 is 1.27 bits per heavy atom. The van der Waals surface area contributed by atoms with Crippen LogP contribution in [0, 0.1) is 13.8 Å². The molecule has 0 saturated heterocycles. The summed E-state index contributed by atoms with van der Waals surface area (Å²) in [6.45, 7) is 7.70. The second kappa shape index (κ2) is 8.05. The van der Waals surface area contributed by atoms with Gasteiger partial charge in [-0.15, -0.1) is 0 Å². The monoisotopic (exact) mass is 352 g/mol. The van der Waals surface area contributed by atoms with E-state index >= 15 is 0 Å². The molecule has 0 saturated carbocycles. The van der Waals surface area contributed by atoms with Crippen LogP contribution in [0.5, 0.6) is 0 Å². The fourth-order valence-electron chi connectivity index (χ4n) is 3.01. The van der Waals surface area contributed by atoms with Crippen LogP contribution < -0.4 is 10.6 Å². The molecule has 136 valence electrons. The number of benzene rings is 1. The fraction of sp³-hybridized carbons (Fsp3) is 0.368. The van der Waals surface area contributed by atoms with Crippen molar-refractivity contribution < 1.29 is 4.79 Å². The van der Waals surface area contributed by atoms with Crippen molar-refractivity contribution in [3.8, 4) is 0 Å². The molecule has 1 aromatic carbocycles. The lowest BCUT2D eigenvalue weighted by atomic mass is 10.1. The summed E-state index contributed by atoms with van der Waals surface area (Å²) in [5, 5.41) is 10.4. The van der Waals surface area contributed by atoms with Crippen LogP contribution in [0.25, 0.3) is 5.78 Å². The first-order valence-electron chi connectivity index (χ1n) is 8.83. The smallest absolute Gasteiger partial charge is 0.252 e. The Labute approximate surface area is 152 Å². The van der Waals surface area contributed by atoms with Gasteiger partial charge in [-0.05, 0) is 50.1 Å². The Bertz CT molecular complexity index is 918. The maximum atomic E-state index is 12.4. The summed E-state index contributed by atoms with van der Waals surface area (Å²) in [5.41, 5.74) is 4.88. The highest BCUT2D eigenvalue weighted by Crippen LogP contribution is 2.16. The first-order valence-corrected chi connectivity index (χ1v) is 8.83. The highest BCUT2D eigenvalue weighted by atomic mass is 16.1. The van der Waals surface area contributed by atoms with Crippen LogP contribution in [-0.2, 0) is 17.8 Å². The van der Waals surface area contributed by atoms with Crippen molar-refractivity contribution in [1.29, 1.82) is 0 Å². The number of anilines is 1. The van der Waals surface area contributed by atoms with Crippen LogP contribution in [0.15, 0.2) is 30.6 Å². The number of fused-ring (bicyclic) bond motifs is 1. The number of hydrogen-bond acceptors (Lipinski definition) is 5. The summed E-state index contributed by atoms with van der Waals surface area (Å²) >= 11 is 0. The third kappa shape index (κ3) is 4.05. The minimum absolute atomic E-state index is 0.0110. The molecular formula is C19H24N6O. The molecule has 0 aliphatic heterocycles. The van der Waals surface area contributed by atoms with E-state index in [0.29, 0.717) is 18.6 Å². The second-order valence-electron chi connectivity index (χ2n) is 6.26. The van der Waals surface area contributed by atoms with E-state index < -0.39 is 0 Å². The predicted octanol–water partition coefficient (Wildman–Crippen LogP) is 2.42. The van der Waals surface area contributed by atoms with Gasteiger partial charge in [-0.25, -0.2) is 9.50 Å². The number of hydrogen-bond donors (Lipinski definition) is 2. The fourth-order valence-corrected chi connectivity index (χ4v) is 3.01. The van der Waals surface area contributed by atoms with E-state index in [1.807, 2.05) is 38.1 Å². The van der Waals surface area contributed by atoms with Crippen LogP contribution in [0.4, 0.5) is 5.69 Å². The normalized spacial score (nSPS) is 11.0. The molecule has 0 unspecified atom stereocenters. The van der Waals surface area contributed by atoms with Gasteiger partial charge in [0, 0.05) is 30.0 Å². The second-order valence-corrected chi connectivity index (χ2v) is 6.26. The van der Waals surface area contributed by atoms with Crippen molar-refractivity contribution in [1.82, 2.24) is 24.9 Å². The molecule has 7 heteroatoms. The molecule has 0 fully saturated rings. The number of carbonyl (C=O) groups excluding carboxylic acids is 1. The van der Waals surface area contributed by atoms with Crippen LogP contribution in [0.3, 0.4) is 0 Å². The maximum absolute atomic E-state index is 12.4. The van der Waals surface area contributed by atoms with Gasteiger partial charge in [0.25, 0.3) is 5.78 Å². The number of nitrogens with zero attached hydrogens (tertiary/aromatic N) is 4. The Morgan fingerprint density at radius 2 is 2.12 bits per heavy atom. The first-order chi connectivity index (χ1) is 12.6. The summed E-state index contributed by atoms with van der Waals surface area (Å²) in [4.78, 5) is 20.9. The summed E-state index contributed by atoms with van der Waals surface area (Å²) in [7, 11) is 0. The van der Waals surface area contributed by atoms with Crippen molar-refractivity contribution in [2.45, 2.75) is 40.2 Å². The number of carbonyl (C=O) groups is 1. The topological polar surface area (TPSA) is 84.2 Å². The highest BCUT2D eigenvalue weighted by Gasteiger charge is 2.12. The molecule has 0 spiro atoms. The predicted molar refractivity (Wildman–Crippen MR) is 101 cm³/mol. The minimum atomic E-state index is -0.0110. The highest BCUT2D eigenvalue weighted by molar-refractivity contribution is 5.90. The van der Waals surface area contributed by atoms with E-state index in [9.17, 15) is 4.79 Å². The summed E-state index contributed by atoms with van der Waals surface area (Å²) < 4.78 is 1.71. The van der Waals surface area contributed by atoms with E-state index in [1.165, 1.54) is 6.33 Å². The van der Waals surface area contributed by atoms with Gasteiger partial charge in [-0.2, -0.15) is 10.1 Å². The van der Waals surface area contributed by atoms with Crippen molar-refractivity contribution in [3.63, 3.8) is 0 Å². The Kier molecular flexibility index (Phi) is 5.58. The van der Waals surface area contributed by atoms with Gasteiger partial charge in [0.2, 0.25) is 5.91 Å². The molecule has 7 nitrogen and oxygen atoms in total. The van der Waals surface area contributed by atoms with Gasteiger partial charge >= 0.3 is 0 Å². The molecule has 0 aliphatic carbocycles. The quantitative estimate of drug-likeness (QED) is 0.682. The molecule has 0 radical (unpaired) electrons. The molecule has 2 N–H and O–H groups in total. The molecule has 26 heavy (non-hydrogen) atoms. The van der Waals surface area contributed by atoms with E-state index in [2.05, 4.69) is 32.6 Å².